The molecule has 0 spiro atoms. The number of nitrogens with zero attached hydrogens (tertiary/aromatic N) is 1. The molecular formula is C24H16BrClFNO3S. The van der Waals surface area contributed by atoms with Crippen LogP contribution in [0.5, 0.6) is 5.75 Å². The first-order chi connectivity index (χ1) is 15.4. The van der Waals surface area contributed by atoms with Crippen molar-refractivity contribution in [3.63, 3.8) is 0 Å². The predicted octanol–water partition coefficient (Wildman–Crippen LogP) is 7.06. The normalized spacial score (nSPS) is 15.0. The fraction of sp³-hybridized carbons (Fsp3) is 0.0833. The van der Waals surface area contributed by atoms with Crippen LogP contribution in [0.25, 0.3) is 6.08 Å². The average molecular weight is 533 g/mol. The van der Waals surface area contributed by atoms with Crippen molar-refractivity contribution in [1.29, 1.82) is 0 Å². The minimum Gasteiger partial charge on any atom is -0.488 e. The number of hydrogen-bond donors (Lipinski definition) is 0. The molecule has 32 heavy (non-hydrogen) atoms. The Hall–Kier alpha value is -2.61. The van der Waals surface area contributed by atoms with Gasteiger partial charge in [0.25, 0.3) is 11.1 Å². The molecule has 1 aliphatic rings. The summed E-state index contributed by atoms with van der Waals surface area (Å²) in [7, 11) is 0. The monoisotopic (exact) mass is 531 g/mol. The lowest BCUT2D eigenvalue weighted by atomic mass is 10.1. The summed E-state index contributed by atoms with van der Waals surface area (Å²) in [4.78, 5) is 26.6. The van der Waals surface area contributed by atoms with Crippen molar-refractivity contribution in [2.75, 3.05) is 0 Å². The van der Waals surface area contributed by atoms with Crippen LogP contribution in [0.15, 0.2) is 76.1 Å². The number of benzene rings is 3. The summed E-state index contributed by atoms with van der Waals surface area (Å²) in [6.07, 6.45) is 1.62. The van der Waals surface area contributed by atoms with Gasteiger partial charge in [-0.3, -0.25) is 14.5 Å². The predicted molar refractivity (Wildman–Crippen MR) is 128 cm³/mol. The number of halogens is 3. The van der Waals surface area contributed by atoms with E-state index >= 15 is 0 Å². The van der Waals surface area contributed by atoms with Crippen molar-refractivity contribution in [3.05, 3.63) is 104 Å². The zero-order chi connectivity index (χ0) is 22.7. The second kappa shape index (κ2) is 9.90. The molecule has 0 N–H and O–H groups in total. The van der Waals surface area contributed by atoms with Gasteiger partial charge in [-0.25, -0.2) is 4.39 Å². The summed E-state index contributed by atoms with van der Waals surface area (Å²) in [5.41, 5.74) is 1.86. The topological polar surface area (TPSA) is 46.6 Å². The molecule has 3 aromatic carbocycles. The summed E-state index contributed by atoms with van der Waals surface area (Å²) in [6, 6.07) is 18.8. The smallest absolute Gasteiger partial charge is 0.293 e. The van der Waals surface area contributed by atoms with Gasteiger partial charge in [0.15, 0.2) is 0 Å². The molecule has 1 aliphatic heterocycles. The van der Waals surface area contributed by atoms with Crippen LogP contribution < -0.4 is 4.74 Å². The largest absolute Gasteiger partial charge is 0.488 e. The molecule has 1 fully saturated rings. The molecule has 0 unspecified atom stereocenters. The average Bonchev–Trinajstić information content (AvgIpc) is 3.03. The van der Waals surface area contributed by atoms with E-state index in [1.54, 1.807) is 42.5 Å². The molecule has 0 aromatic heterocycles. The molecule has 8 heteroatoms. The molecule has 0 atom stereocenters. The Bertz CT molecular complexity index is 1220. The Morgan fingerprint density at radius 1 is 1.06 bits per heavy atom. The number of rotatable bonds is 6. The summed E-state index contributed by atoms with van der Waals surface area (Å²) >= 11 is 10.2. The molecule has 0 aliphatic carbocycles. The van der Waals surface area contributed by atoms with Crippen LogP contribution in [0, 0.1) is 5.82 Å². The number of ether oxygens (including phenoxy) is 1. The van der Waals surface area contributed by atoms with Gasteiger partial charge in [0.05, 0.1) is 11.4 Å². The fourth-order valence-electron chi connectivity index (χ4n) is 3.08. The molecule has 0 bridgehead atoms. The highest BCUT2D eigenvalue weighted by molar-refractivity contribution is 9.10. The van der Waals surface area contributed by atoms with Gasteiger partial charge in [-0.2, -0.15) is 0 Å². The summed E-state index contributed by atoms with van der Waals surface area (Å²) in [5, 5.41) is 0.201. The third kappa shape index (κ3) is 5.23. The van der Waals surface area contributed by atoms with E-state index in [-0.39, 0.29) is 17.0 Å². The number of imide groups is 1. The van der Waals surface area contributed by atoms with Crippen LogP contribution in [0.2, 0.25) is 5.02 Å². The first kappa shape index (κ1) is 22.6. The number of thioether (sulfide) groups is 1. The number of carbonyl (C=O) groups is 2. The van der Waals surface area contributed by atoms with Crippen LogP contribution in [0.1, 0.15) is 16.7 Å². The van der Waals surface area contributed by atoms with Gasteiger partial charge >= 0.3 is 0 Å². The number of hydrogen-bond acceptors (Lipinski definition) is 4. The molecule has 4 nitrogen and oxygen atoms in total. The fourth-order valence-corrected chi connectivity index (χ4v) is 4.41. The van der Waals surface area contributed by atoms with Crippen molar-refractivity contribution < 1.29 is 18.7 Å². The van der Waals surface area contributed by atoms with E-state index in [4.69, 9.17) is 16.3 Å². The van der Waals surface area contributed by atoms with Crippen molar-refractivity contribution in [3.8, 4) is 5.75 Å². The highest BCUT2D eigenvalue weighted by Gasteiger charge is 2.35. The maximum absolute atomic E-state index is 14.0. The SMILES string of the molecule is O=C1S/C(=C/c2cc(Br)ccc2OCc2ccc(Cl)cc2)C(=O)N1Cc1ccccc1F. The minimum atomic E-state index is -0.466. The zero-order valence-electron chi connectivity index (χ0n) is 16.6. The van der Waals surface area contributed by atoms with E-state index in [9.17, 15) is 14.0 Å². The molecule has 1 heterocycles. The first-order valence-corrected chi connectivity index (χ1v) is 11.5. The molecule has 0 radical (unpaired) electrons. The Labute approximate surface area is 202 Å². The molecule has 162 valence electrons. The van der Waals surface area contributed by atoms with E-state index in [0.717, 1.165) is 26.7 Å². The van der Waals surface area contributed by atoms with Gasteiger partial charge in [0.2, 0.25) is 0 Å². The Kier molecular flexibility index (Phi) is 6.98. The highest BCUT2D eigenvalue weighted by atomic mass is 79.9. The van der Waals surface area contributed by atoms with Gasteiger partial charge in [0.1, 0.15) is 18.2 Å². The molecule has 2 amide bonds. The van der Waals surface area contributed by atoms with Crippen LogP contribution in [-0.4, -0.2) is 16.0 Å². The molecular weight excluding hydrogens is 517 g/mol. The van der Waals surface area contributed by atoms with Gasteiger partial charge in [-0.05, 0) is 59.8 Å². The van der Waals surface area contributed by atoms with Gasteiger partial charge in [0, 0.05) is 20.6 Å². The van der Waals surface area contributed by atoms with E-state index in [1.807, 2.05) is 24.3 Å². The lowest BCUT2D eigenvalue weighted by Gasteiger charge is -2.13. The molecule has 1 saturated heterocycles. The Morgan fingerprint density at radius 2 is 1.81 bits per heavy atom. The van der Waals surface area contributed by atoms with Gasteiger partial charge < -0.3 is 4.74 Å². The molecule has 4 rings (SSSR count). The Balaban J connectivity index is 1.55. The number of amides is 2. The second-order valence-electron chi connectivity index (χ2n) is 6.96. The zero-order valence-corrected chi connectivity index (χ0v) is 19.7. The van der Waals surface area contributed by atoms with Crippen LogP contribution in [0.4, 0.5) is 9.18 Å². The minimum absolute atomic E-state index is 0.118. The Morgan fingerprint density at radius 3 is 2.56 bits per heavy atom. The quantitative estimate of drug-likeness (QED) is 0.319. The molecule has 3 aromatic rings. The third-order valence-electron chi connectivity index (χ3n) is 4.73. The second-order valence-corrected chi connectivity index (χ2v) is 9.30. The van der Waals surface area contributed by atoms with Crippen LogP contribution in [-0.2, 0) is 17.9 Å². The lowest BCUT2D eigenvalue weighted by molar-refractivity contribution is -0.123. The molecule has 0 saturated carbocycles. The van der Waals surface area contributed by atoms with E-state index in [2.05, 4.69) is 15.9 Å². The first-order valence-electron chi connectivity index (χ1n) is 9.56. The lowest BCUT2D eigenvalue weighted by Crippen LogP contribution is -2.27. The van der Waals surface area contributed by atoms with E-state index in [1.165, 1.54) is 6.07 Å². The van der Waals surface area contributed by atoms with E-state index in [0.29, 0.717) is 22.9 Å². The number of carbonyl (C=O) groups excluding carboxylic acids is 2. The maximum atomic E-state index is 14.0. The van der Waals surface area contributed by atoms with E-state index < -0.39 is 17.0 Å². The maximum Gasteiger partial charge on any atom is 0.293 e. The van der Waals surface area contributed by atoms with Crippen molar-refractivity contribution in [1.82, 2.24) is 4.90 Å². The summed E-state index contributed by atoms with van der Waals surface area (Å²) in [6.45, 7) is 0.196. The van der Waals surface area contributed by atoms with Gasteiger partial charge in [-0.15, -0.1) is 0 Å². The standard InChI is InChI=1S/C24H16BrClFNO3S/c25-18-7-10-21(31-14-15-5-8-19(26)9-6-15)17(11-18)12-22-23(29)28(24(30)32-22)13-16-3-1-2-4-20(16)27/h1-12H,13-14H2/b22-12+. The van der Waals surface area contributed by atoms with Crippen molar-refractivity contribution >= 4 is 56.5 Å². The van der Waals surface area contributed by atoms with Gasteiger partial charge in [-0.1, -0.05) is 57.9 Å². The van der Waals surface area contributed by atoms with Crippen LogP contribution >= 0.6 is 39.3 Å². The third-order valence-corrected chi connectivity index (χ3v) is 6.38. The van der Waals surface area contributed by atoms with Crippen LogP contribution in [0.3, 0.4) is 0 Å². The summed E-state index contributed by atoms with van der Waals surface area (Å²) < 4.78 is 20.7. The van der Waals surface area contributed by atoms with Crippen molar-refractivity contribution in [2.24, 2.45) is 0 Å². The van der Waals surface area contributed by atoms with Crippen molar-refractivity contribution in [2.45, 2.75) is 13.2 Å². The summed E-state index contributed by atoms with van der Waals surface area (Å²) in [5.74, 6) is -0.365. The highest BCUT2D eigenvalue weighted by Crippen LogP contribution is 2.36.